The summed E-state index contributed by atoms with van der Waals surface area (Å²) in [6.45, 7) is 1.85. The molecule has 0 bridgehead atoms. The molecule has 0 spiro atoms. The van der Waals surface area contributed by atoms with Crippen molar-refractivity contribution in [2.75, 3.05) is 24.7 Å². The van der Waals surface area contributed by atoms with Gasteiger partial charge in [0.2, 0.25) is 15.9 Å². The van der Waals surface area contributed by atoms with Crippen molar-refractivity contribution >= 4 is 33.2 Å². The lowest BCUT2D eigenvalue weighted by Crippen LogP contribution is -2.48. The Balaban J connectivity index is 2.29. The lowest BCUT2D eigenvalue weighted by atomic mass is 10.1. The highest BCUT2D eigenvalue weighted by Crippen LogP contribution is 2.25. The van der Waals surface area contributed by atoms with Crippen LogP contribution in [0.1, 0.15) is 12.5 Å². The molecular weight excluding hydrogens is 388 g/mol. The van der Waals surface area contributed by atoms with E-state index in [2.05, 4.69) is 0 Å². The van der Waals surface area contributed by atoms with Crippen LogP contribution in [-0.4, -0.2) is 45.7 Å². The summed E-state index contributed by atoms with van der Waals surface area (Å²) >= 11 is 6.00. The Kier molecular flexibility index (Phi) is 6.73. The van der Waals surface area contributed by atoms with Gasteiger partial charge in [-0.1, -0.05) is 35.9 Å². The van der Waals surface area contributed by atoms with E-state index in [0.717, 1.165) is 16.1 Å². The number of carbonyl (C=O) groups is 1. The second-order valence-electron chi connectivity index (χ2n) is 6.22. The molecule has 0 aliphatic carbocycles. The summed E-state index contributed by atoms with van der Waals surface area (Å²) in [6.07, 6.45) is 1.07. The van der Waals surface area contributed by atoms with E-state index in [4.69, 9.17) is 16.3 Å². The molecule has 27 heavy (non-hydrogen) atoms. The van der Waals surface area contributed by atoms with Gasteiger partial charge in [-0.05, 0) is 31.2 Å². The molecule has 2 aromatic carbocycles. The van der Waals surface area contributed by atoms with Crippen LogP contribution >= 0.6 is 11.6 Å². The number of halogens is 1. The Morgan fingerprint density at radius 3 is 2.44 bits per heavy atom. The second-order valence-corrected chi connectivity index (χ2v) is 8.52. The van der Waals surface area contributed by atoms with Crippen molar-refractivity contribution in [1.29, 1.82) is 0 Å². The fourth-order valence-electron chi connectivity index (χ4n) is 2.90. The highest BCUT2D eigenvalue weighted by atomic mass is 35.5. The number of para-hydroxylation sites is 1. The summed E-state index contributed by atoms with van der Waals surface area (Å²) < 4.78 is 31.1. The van der Waals surface area contributed by atoms with E-state index in [1.165, 1.54) is 11.0 Å². The maximum absolute atomic E-state index is 12.9. The Labute approximate surface area is 165 Å². The van der Waals surface area contributed by atoms with Gasteiger partial charge in [-0.2, -0.15) is 0 Å². The van der Waals surface area contributed by atoms with Crippen LogP contribution in [0.5, 0.6) is 5.75 Å². The predicted molar refractivity (Wildman–Crippen MR) is 108 cm³/mol. The lowest BCUT2D eigenvalue weighted by Gasteiger charge is -2.31. The Hall–Kier alpha value is -2.25. The Bertz CT molecular complexity index is 917. The largest absolute Gasteiger partial charge is 0.496 e. The molecule has 0 aromatic heterocycles. The Morgan fingerprint density at radius 1 is 1.19 bits per heavy atom. The quantitative estimate of drug-likeness (QED) is 0.703. The number of rotatable bonds is 7. The first-order valence-corrected chi connectivity index (χ1v) is 10.5. The van der Waals surface area contributed by atoms with Gasteiger partial charge in [0.25, 0.3) is 0 Å². The van der Waals surface area contributed by atoms with Gasteiger partial charge in [0, 0.05) is 24.2 Å². The number of ether oxygens (including phenoxy) is 1. The van der Waals surface area contributed by atoms with Gasteiger partial charge >= 0.3 is 0 Å². The first-order valence-electron chi connectivity index (χ1n) is 8.27. The van der Waals surface area contributed by atoms with E-state index in [1.807, 2.05) is 24.3 Å². The van der Waals surface area contributed by atoms with Crippen LogP contribution in [-0.2, 0) is 21.4 Å². The molecule has 146 valence electrons. The number of hydrogen-bond acceptors (Lipinski definition) is 4. The van der Waals surface area contributed by atoms with Crippen LogP contribution in [0.15, 0.2) is 48.5 Å². The molecule has 1 amide bonds. The summed E-state index contributed by atoms with van der Waals surface area (Å²) in [5.41, 5.74) is 1.17. The standard InChI is InChI=1S/C19H23ClN2O4S/c1-14(22(27(4,24)25)17-10-7-9-16(20)12-17)19(23)21(2)13-15-8-5-6-11-18(15)26-3/h5-12,14H,13H2,1-4H3/t14-/m1/s1. The van der Waals surface area contributed by atoms with Crippen molar-refractivity contribution in [2.45, 2.75) is 19.5 Å². The fourth-order valence-corrected chi connectivity index (χ4v) is 4.25. The maximum Gasteiger partial charge on any atom is 0.246 e. The zero-order valence-corrected chi connectivity index (χ0v) is 17.3. The summed E-state index contributed by atoms with van der Waals surface area (Å²) in [4.78, 5) is 14.4. The number of benzene rings is 2. The van der Waals surface area contributed by atoms with E-state index in [1.54, 1.807) is 39.3 Å². The Morgan fingerprint density at radius 2 is 1.85 bits per heavy atom. The van der Waals surface area contributed by atoms with E-state index in [9.17, 15) is 13.2 Å². The first-order chi connectivity index (χ1) is 12.6. The number of sulfonamides is 1. The molecular formula is C19H23ClN2O4S. The summed E-state index contributed by atoms with van der Waals surface area (Å²) in [5, 5.41) is 0.392. The van der Waals surface area contributed by atoms with Crippen LogP contribution in [0, 0.1) is 0 Å². The molecule has 0 heterocycles. The van der Waals surface area contributed by atoms with Gasteiger partial charge in [0.15, 0.2) is 0 Å². The van der Waals surface area contributed by atoms with E-state index in [0.29, 0.717) is 23.0 Å². The van der Waals surface area contributed by atoms with Gasteiger partial charge in [-0.15, -0.1) is 0 Å². The molecule has 6 nitrogen and oxygen atoms in total. The van der Waals surface area contributed by atoms with Crippen LogP contribution in [0.3, 0.4) is 0 Å². The number of amides is 1. The molecule has 0 unspecified atom stereocenters. The van der Waals surface area contributed by atoms with E-state index in [-0.39, 0.29) is 5.91 Å². The molecule has 0 saturated heterocycles. The second kappa shape index (κ2) is 8.63. The van der Waals surface area contributed by atoms with Crippen LogP contribution in [0.2, 0.25) is 5.02 Å². The van der Waals surface area contributed by atoms with Crippen molar-refractivity contribution in [3.63, 3.8) is 0 Å². The highest BCUT2D eigenvalue weighted by molar-refractivity contribution is 7.92. The van der Waals surface area contributed by atoms with E-state index >= 15 is 0 Å². The molecule has 0 saturated carbocycles. The molecule has 0 N–H and O–H groups in total. The van der Waals surface area contributed by atoms with Crippen molar-refractivity contribution in [2.24, 2.45) is 0 Å². The van der Waals surface area contributed by atoms with Crippen LogP contribution < -0.4 is 9.04 Å². The monoisotopic (exact) mass is 410 g/mol. The fraction of sp³-hybridized carbons (Fsp3) is 0.316. The predicted octanol–water partition coefficient (Wildman–Crippen LogP) is 3.16. The summed E-state index contributed by atoms with van der Waals surface area (Å²) in [5.74, 6) is 0.325. The third kappa shape index (κ3) is 5.14. The topological polar surface area (TPSA) is 66.9 Å². The third-order valence-electron chi connectivity index (χ3n) is 4.11. The summed E-state index contributed by atoms with van der Waals surface area (Å²) in [7, 11) is -0.504. The minimum atomic E-state index is -3.70. The molecule has 0 radical (unpaired) electrons. The minimum absolute atomic E-state index is 0.292. The lowest BCUT2D eigenvalue weighted by molar-refractivity contribution is -0.131. The zero-order valence-electron chi connectivity index (χ0n) is 15.7. The number of nitrogens with zero attached hydrogens (tertiary/aromatic N) is 2. The average Bonchev–Trinajstić information content (AvgIpc) is 2.60. The van der Waals surface area contributed by atoms with Gasteiger partial charge in [-0.3, -0.25) is 9.10 Å². The number of anilines is 1. The molecule has 0 aliphatic heterocycles. The zero-order chi connectivity index (χ0) is 20.2. The number of likely N-dealkylation sites (N-methyl/N-ethyl adjacent to an activating group) is 1. The normalized spacial score (nSPS) is 12.3. The van der Waals surface area contributed by atoms with Gasteiger partial charge in [-0.25, -0.2) is 8.42 Å². The smallest absolute Gasteiger partial charge is 0.246 e. The van der Waals surface area contributed by atoms with Gasteiger partial charge < -0.3 is 9.64 Å². The SMILES string of the molecule is COc1ccccc1CN(C)C(=O)[C@@H](C)N(c1cccc(Cl)c1)S(C)(=O)=O. The number of carbonyl (C=O) groups excluding carboxylic acids is 1. The first kappa shape index (κ1) is 21.1. The molecule has 0 fully saturated rings. The van der Waals surface area contributed by atoms with Crippen molar-refractivity contribution in [3.05, 3.63) is 59.1 Å². The molecule has 2 aromatic rings. The van der Waals surface area contributed by atoms with Crippen LogP contribution in [0.25, 0.3) is 0 Å². The highest BCUT2D eigenvalue weighted by Gasteiger charge is 2.31. The van der Waals surface area contributed by atoms with Crippen LogP contribution in [0.4, 0.5) is 5.69 Å². The van der Waals surface area contributed by atoms with E-state index < -0.39 is 16.1 Å². The van der Waals surface area contributed by atoms with Crippen molar-refractivity contribution in [3.8, 4) is 5.75 Å². The van der Waals surface area contributed by atoms with Crippen molar-refractivity contribution in [1.82, 2.24) is 4.90 Å². The maximum atomic E-state index is 12.9. The molecule has 8 heteroatoms. The van der Waals surface area contributed by atoms with Gasteiger partial charge in [0.1, 0.15) is 11.8 Å². The third-order valence-corrected chi connectivity index (χ3v) is 5.58. The molecule has 2 rings (SSSR count). The number of methoxy groups -OCH3 is 1. The molecule has 1 atom stereocenters. The number of hydrogen-bond donors (Lipinski definition) is 0. The average molecular weight is 411 g/mol. The molecule has 0 aliphatic rings. The minimum Gasteiger partial charge on any atom is -0.496 e. The summed E-state index contributed by atoms with van der Waals surface area (Å²) in [6, 6.07) is 12.9. The van der Waals surface area contributed by atoms with Crippen molar-refractivity contribution < 1.29 is 17.9 Å². The van der Waals surface area contributed by atoms with Gasteiger partial charge in [0.05, 0.1) is 19.1 Å².